The van der Waals surface area contributed by atoms with E-state index in [9.17, 15) is 8.42 Å². The predicted octanol–water partition coefficient (Wildman–Crippen LogP) is 2.59. The fourth-order valence-corrected chi connectivity index (χ4v) is 4.43. The second kappa shape index (κ2) is 5.08. The van der Waals surface area contributed by atoms with Crippen molar-refractivity contribution in [1.29, 1.82) is 0 Å². The minimum atomic E-state index is -3.23. The van der Waals surface area contributed by atoms with Gasteiger partial charge in [-0.1, -0.05) is 0 Å². The van der Waals surface area contributed by atoms with Gasteiger partial charge >= 0.3 is 0 Å². The minimum absolute atomic E-state index is 0.187. The summed E-state index contributed by atoms with van der Waals surface area (Å²) < 4.78 is 24.1. The zero-order valence-electron chi connectivity index (χ0n) is 9.32. The van der Waals surface area contributed by atoms with Crippen LogP contribution in [-0.2, 0) is 9.84 Å². The maximum absolute atomic E-state index is 11.7. The first kappa shape index (κ1) is 14.0. The molecule has 0 fully saturated rings. The smallest absolute Gasteiger partial charge is 0.176 e. The molecule has 0 aliphatic heterocycles. The maximum atomic E-state index is 11.7. The van der Waals surface area contributed by atoms with E-state index in [1.807, 2.05) is 19.2 Å². The van der Waals surface area contributed by atoms with Crippen LogP contribution in [0, 0.1) is 0 Å². The summed E-state index contributed by atoms with van der Waals surface area (Å²) in [5.74, 6) is 0. The molecule has 0 spiro atoms. The first-order chi connectivity index (χ1) is 7.27. The predicted molar refractivity (Wildman–Crippen MR) is 71.6 cm³/mol. The van der Waals surface area contributed by atoms with Crippen molar-refractivity contribution in [2.45, 2.75) is 22.8 Å². The molecule has 1 aromatic rings. The van der Waals surface area contributed by atoms with E-state index in [2.05, 4.69) is 15.9 Å². The molecule has 0 aliphatic carbocycles. The first-order valence-electron chi connectivity index (χ1n) is 4.60. The Morgan fingerprint density at radius 3 is 2.38 bits per heavy atom. The highest BCUT2D eigenvalue weighted by molar-refractivity contribution is 9.10. The number of thioether (sulfide) groups is 1. The molecule has 0 saturated carbocycles. The van der Waals surface area contributed by atoms with Crippen LogP contribution in [-0.4, -0.2) is 20.9 Å². The lowest BCUT2D eigenvalue weighted by atomic mass is 10.1. The van der Waals surface area contributed by atoms with Crippen LogP contribution in [0.4, 0.5) is 0 Å². The largest absolute Gasteiger partial charge is 0.324 e. The number of rotatable bonds is 3. The summed E-state index contributed by atoms with van der Waals surface area (Å²) >= 11 is 4.78. The van der Waals surface area contributed by atoms with Gasteiger partial charge in [0.1, 0.15) is 0 Å². The quantitative estimate of drug-likeness (QED) is 0.868. The molecule has 1 unspecified atom stereocenters. The molecule has 3 nitrogen and oxygen atoms in total. The van der Waals surface area contributed by atoms with Crippen LogP contribution in [0.25, 0.3) is 0 Å². The molecule has 0 radical (unpaired) electrons. The standard InChI is InChI=1S/C10H14BrNO2S2/c1-6(12)7-4-8(11)10(15-2)9(5-7)16(3,13)14/h4-6H,12H2,1-3H3. The fraction of sp³-hybridized carbons (Fsp3) is 0.400. The zero-order valence-corrected chi connectivity index (χ0v) is 12.5. The van der Waals surface area contributed by atoms with Gasteiger partial charge in [0.15, 0.2) is 9.84 Å². The highest BCUT2D eigenvalue weighted by Crippen LogP contribution is 2.34. The summed E-state index contributed by atoms with van der Waals surface area (Å²) in [5, 5.41) is 0. The summed E-state index contributed by atoms with van der Waals surface area (Å²) in [7, 11) is -3.23. The number of nitrogens with two attached hydrogens (primary N) is 1. The molecule has 0 aromatic heterocycles. The van der Waals surface area contributed by atoms with Gasteiger partial charge in [0.25, 0.3) is 0 Å². The van der Waals surface area contributed by atoms with E-state index in [4.69, 9.17) is 5.73 Å². The van der Waals surface area contributed by atoms with Crippen LogP contribution in [0.15, 0.2) is 26.4 Å². The lowest BCUT2D eigenvalue weighted by Crippen LogP contribution is -2.08. The number of sulfone groups is 1. The summed E-state index contributed by atoms with van der Waals surface area (Å²) in [6.45, 7) is 1.83. The molecule has 1 rings (SSSR count). The van der Waals surface area contributed by atoms with Gasteiger partial charge in [-0.05, 0) is 46.8 Å². The van der Waals surface area contributed by atoms with Gasteiger partial charge in [0.05, 0.1) is 4.90 Å². The molecule has 6 heteroatoms. The van der Waals surface area contributed by atoms with E-state index < -0.39 is 9.84 Å². The van der Waals surface area contributed by atoms with Crippen LogP contribution in [0.5, 0.6) is 0 Å². The van der Waals surface area contributed by atoms with Crippen molar-refractivity contribution >= 4 is 37.5 Å². The van der Waals surface area contributed by atoms with E-state index in [-0.39, 0.29) is 6.04 Å². The van der Waals surface area contributed by atoms with Gasteiger partial charge in [-0.2, -0.15) is 0 Å². The summed E-state index contributed by atoms with van der Waals surface area (Å²) in [6, 6.07) is 3.33. The molecule has 0 heterocycles. The van der Waals surface area contributed by atoms with Crippen molar-refractivity contribution < 1.29 is 8.42 Å². The monoisotopic (exact) mass is 323 g/mol. The third-order valence-electron chi connectivity index (χ3n) is 2.16. The summed E-state index contributed by atoms with van der Waals surface area (Å²) in [6.07, 6.45) is 3.06. The third-order valence-corrected chi connectivity index (χ3v) is 5.15. The Kier molecular flexibility index (Phi) is 4.45. The topological polar surface area (TPSA) is 60.2 Å². The SMILES string of the molecule is CSc1c(Br)cc(C(C)N)cc1S(C)(=O)=O. The van der Waals surface area contributed by atoms with Gasteiger partial charge in [-0.15, -0.1) is 11.8 Å². The van der Waals surface area contributed by atoms with Crippen molar-refractivity contribution in [1.82, 2.24) is 0 Å². The molecule has 0 amide bonds. The van der Waals surface area contributed by atoms with Crippen LogP contribution >= 0.6 is 27.7 Å². The van der Waals surface area contributed by atoms with Crippen LogP contribution in [0.1, 0.15) is 18.5 Å². The van der Waals surface area contributed by atoms with Crippen molar-refractivity contribution in [3.05, 3.63) is 22.2 Å². The normalized spacial score (nSPS) is 13.8. The van der Waals surface area contributed by atoms with Crippen molar-refractivity contribution in [2.75, 3.05) is 12.5 Å². The molecule has 16 heavy (non-hydrogen) atoms. The van der Waals surface area contributed by atoms with E-state index in [0.29, 0.717) is 4.90 Å². The number of hydrogen-bond acceptors (Lipinski definition) is 4. The average molecular weight is 324 g/mol. The lowest BCUT2D eigenvalue weighted by molar-refractivity contribution is 0.599. The van der Waals surface area contributed by atoms with Gasteiger partial charge < -0.3 is 5.73 Å². The molecular weight excluding hydrogens is 310 g/mol. The Labute approximate surface area is 109 Å². The number of hydrogen-bond donors (Lipinski definition) is 1. The average Bonchev–Trinajstić information content (AvgIpc) is 2.14. The van der Waals surface area contributed by atoms with E-state index in [1.165, 1.54) is 18.0 Å². The van der Waals surface area contributed by atoms with E-state index in [0.717, 1.165) is 14.9 Å². The van der Waals surface area contributed by atoms with Gasteiger partial charge in [-0.25, -0.2) is 8.42 Å². The minimum Gasteiger partial charge on any atom is -0.324 e. The third kappa shape index (κ3) is 3.00. The Morgan fingerprint density at radius 1 is 1.44 bits per heavy atom. The Morgan fingerprint density at radius 2 is 2.00 bits per heavy atom. The van der Waals surface area contributed by atoms with Gasteiger partial charge in [-0.3, -0.25) is 0 Å². The van der Waals surface area contributed by atoms with E-state index >= 15 is 0 Å². The second-order valence-electron chi connectivity index (χ2n) is 3.59. The molecule has 0 saturated heterocycles. The molecule has 1 aromatic carbocycles. The van der Waals surface area contributed by atoms with E-state index in [1.54, 1.807) is 6.07 Å². The van der Waals surface area contributed by atoms with Crippen molar-refractivity contribution in [3.8, 4) is 0 Å². The molecule has 90 valence electrons. The molecular formula is C10H14BrNO2S2. The molecule has 0 bridgehead atoms. The molecule has 0 aliphatic rings. The van der Waals surface area contributed by atoms with Crippen LogP contribution < -0.4 is 5.73 Å². The lowest BCUT2D eigenvalue weighted by Gasteiger charge is -2.13. The zero-order chi connectivity index (χ0) is 12.5. The first-order valence-corrected chi connectivity index (χ1v) is 8.51. The Hall–Kier alpha value is -0.0400. The highest BCUT2D eigenvalue weighted by atomic mass is 79.9. The summed E-state index contributed by atoms with van der Waals surface area (Å²) in [4.78, 5) is 1.06. The maximum Gasteiger partial charge on any atom is 0.176 e. The van der Waals surface area contributed by atoms with Gasteiger partial charge in [0.2, 0.25) is 0 Å². The number of benzene rings is 1. The van der Waals surface area contributed by atoms with Crippen molar-refractivity contribution in [3.63, 3.8) is 0 Å². The van der Waals surface area contributed by atoms with Crippen LogP contribution in [0.3, 0.4) is 0 Å². The fourth-order valence-electron chi connectivity index (χ4n) is 1.32. The summed E-state index contributed by atoms with van der Waals surface area (Å²) in [5.41, 5.74) is 6.57. The highest BCUT2D eigenvalue weighted by Gasteiger charge is 2.18. The van der Waals surface area contributed by atoms with Gasteiger partial charge in [0, 0.05) is 21.7 Å². The number of halogens is 1. The second-order valence-corrected chi connectivity index (χ2v) is 7.25. The Balaban J connectivity index is 3.56. The van der Waals surface area contributed by atoms with Crippen molar-refractivity contribution in [2.24, 2.45) is 5.73 Å². The Bertz CT molecular complexity index is 498. The van der Waals surface area contributed by atoms with Crippen LogP contribution in [0.2, 0.25) is 0 Å². The molecule has 2 N–H and O–H groups in total. The molecule has 1 atom stereocenters.